The molecule has 1 saturated carbocycles. The van der Waals surface area contributed by atoms with Crippen molar-refractivity contribution in [2.75, 3.05) is 0 Å². The molecule has 2 unspecified atom stereocenters. The largest absolute Gasteiger partial charge is 0.391 e. The first-order valence-corrected chi connectivity index (χ1v) is 7.58. The molecule has 2 N–H and O–H groups in total. The highest BCUT2D eigenvalue weighted by atomic mass is 32.1. The lowest BCUT2D eigenvalue weighted by molar-refractivity contribution is -0.123. The molecule has 0 radical (unpaired) electrons. The van der Waals surface area contributed by atoms with Crippen molar-refractivity contribution in [3.05, 3.63) is 20.7 Å². The van der Waals surface area contributed by atoms with Crippen molar-refractivity contribution in [1.82, 2.24) is 9.88 Å². The van der Waals surface area contributed by atoms with Crippen molar-refractivity contribution in [3.63, 3.8) is 0 Å². The fourth-order valence-corrected chi connectivity index (χ4v) is 3.21. The number of hydrogen-bond donors (Lipinski definition) is 2. The van der Waals surface area contributed by atoms with Gasteiger partial charge in [0.25, 0.3) is 0 Å². The minimum absolute atomic E-state index is 0.0250. The number of nitrogens with one attached hydrogen (secondary N) is 1. The van der Waals surface area contributed by atoms with Crippen LogP contribution in [0.3, 0.4) is 0 Å². The normalized spacial score (nSPS) is 23.3. The maximum Gasteiger partial charge on any atom is 0.307 e. The summed E-state index contributed by atoms with van der Waals surface area (Å²) in [7, 11) is 0. The Labute approximate surface area is 116 Å². The summed E-state index contributed by atoms with van der Waals surface area (Å²) < 4.78 is 1.61. The van der Waals surface area contributed by atoms with Gasteiger partial charge in [0.15, 0.2) is 0 Å². The molecule has 19 heavy (non-hydrogen) atoms. The van der Waals surface area contributed by atoms with Crippen molar-refractivity contribution in [1.29, 1.82) is 0 Å². The minimum Gasteiger partial charge on any atom is -0.391 e. The summed E-state index contributed by atoms with van der Waals surface area (Å²) in [5.41, 5.74) is 0.889. The number of amides is 1. The van der Waals surface area contributed by atoms with Crippen LogP contribution in [0.15, 0.2) is 10.2 Å². The van der Waals surface area contributed by atoms with Crippen LogP contribution in [-0.4, -0.2) is 27.7 Å². The first-order chi connectivity index (χ1) is 9.08. The average Bonchev–Trinajstić information content (AvgIpc) is 2.70. The van der Waals surface area contributed by atoms with Crippen molar-refractivity contribution >= 4 is 17.2 Å². The third-order valence-corrected chi connectivity index (χ3v) is 4.50. The zero-order valence-corrected chi connectivity index (χ0v) is 11.9. The number of thiazole rings is 1. The van der Waals surface area contributed by atoms with Crippen LogP contribution < -0.4 is 10.2 Å². The number of nitrogens with zero attached hydrogens (tertiary/aromatic N) is 1. The molecule has 2 rings (SSSR count). The molecule has 1 aliphatic carbocycles. The van der Waals surface area contributed by atoms with E-state index in [1.54, 1.807) is 9.95 Å². The Morgan fingerprint density at radius 1 is 1.53 bits per heavy atom. The summed E-state index contributed by atoms with van der Waals surface area (Å²) in [6.07, 6.45) is 3.52. The first kappa shape index (κ1) is 14.3. The van der Waals surface area contributed by atoms with E-state index in [1.165, 1.54) is 0 Å². The standard InChI is InChI=1S/C13H20N2O3S/c1-9-8-19-13(18)15(9)7-6-12(17)14-10-4-2-3-5-11(10)16/h8,10-11,16H,2-7H2,1H3,(H,14,17). The van der Waals surface area contributed by atoms with Gasteiger partial charge in [0.05, 0.1) is 12.1 Å². The summed E-state index contributed by atoms with van der Waals surface area (Å²) in [5.74, 6) is -0.0940. The second kappa shape index (κ2) is 6.34. The summed E-state index contributed by atoms with van der Waals surface area (Å²) >= 11 is 1.15. The lowest BCUT2D eigenvalue weighted by Crippen LogP contribution is -2.45. The van der Waals surface area contributed by atoms with Crippen LogP contribution in [0.2, 0.25) is 0 Å². The molecule has 0 aromatic carbocycles. The van der Waals surface area contributed by atoms with Gasteiger partial charge < -0.3 is 15.0 Å². The van der Waals surface area contributed by atoms with Crippen molar-refractivity contribution in [2.24, 2.45) is 0 Å². The Bertz CT molecular complexity index is 494. The quantitative estimate of drug-likeness (QED) is 0.867. The van der Waals surface area contributed by atoms with Crippen molar-refractivity contribution in [2.45, 2.75) is 57.7 Å². The van der Waals surface area contributed by atoms with E-state index in [9.17, 15) is 14.7 Å². The average molecular weight is 284 g/mol. The Kier molecular flexibility index (Phi) is 4.76. The molecule has 1 amide bonds. The molecule has 1 aromatic rings. The summed E-state index contributed by atoms with van der Waals surface area (Å²) in [6.45, 7) is 2.27. The highest BCUT2D eigenvalue weighted by Crippen LogP contribution is 2.18. The van der Waals surface area contributed by atoms with E-state index in [0.717, 1.165) is 42.7 Å². The van der Waals surface area contributed by atoms with E-state index in [0.29, 0.717) is 6.54 Å². The van der Waals surface area contributed by atoms with Crippen LogP contribution in [0.5, 0.6) is 0 Å². The van der Waals surface area contributed by atoms with Gasteiger partial charge in [-0.25, -0.2) is 0 Å². The Balaban J connectivity index is 1.83. The molecule has 0 spiro atoms. The predicted molar refractivity (Wildman–Crippen MR) is 74.3 cm³/mol. The lowest BCUT2D eigenvalue weighted by atomic mass is 9.92. The maximum absolute atomic E-state index is 11.8. The number of hydrogen-bond acceptors (Lipinski definition) is 4. The Morgan fingerprint density at radius 3 is 2.89 bits per heavy atom. The zero-order valence-electron chi connectivity index (χ0n) is 11.1. The second-order valence-electron chi connectivity index (χ2n) is 5.07. The van der Waals surface area contributed by atoms with Crippen molar-refractivity contribution < 1.29 is 9.90 Å². The molecule has 106 valence electrons. The van der Waals surface area contributed by atoms with Gasteiger partial charge in [-0.2, -0.15) is 0 Å². The molecule has 0 saturated heterocycles. The van der Waals surface area contributed by atoms with E-state index in [1.807, 2.05) is 6.92 Å². The molecule has 0 bridgehead atoms. The molecular formula is C13H20N2O3S. The minimum atomic E-state index is -0.427. The molecule has 5 nitrogen and oxygen atoms in total. The molecule has 1 aromatic heterocycles. The molecule has 0 aliphatic heterocycles. The van der Waals surface area contributed by atoms with Crippen LogP contribution in [-0.2, 0) is 11.3 Å². The van der Waals surface area contributed by atoms with E-state index in [-0.39, 0.29) is 23.2 Å². The SMILES string of the molecule is Cc1csc(=O)n1CCC(=O)NC1CCCCC1O. The maximum atomic E-state index is 11.8. The van der Waals surface area contributed by atoms with Crippen LogP contribution in [0.25, 0.3) is 0 Å². The number of aliphatic hydroxyl groups excluding tert-OH is 1. The molecule has 1 fully saturated rings. The Morgan fingerprint density at radius 2 is 2.26 bits per heavy atom. The van der Waals surface area contributed by atoms with Gasteiger partial charge in [0.2, 0.25) is 5.91 Å². The topological polar surface area (TPSA) is 71.3 Å². The van der Waals surface area contributed by atoms with Gasteiger partial charge in [-0.1, -0.05) is 24.2 Å². The molecule has 1 heterocycles. The highest BCUT2D eigenvalue weighted by molar-refractivity contribution is 7.07. The molecule has 2 atom stereocenters. The second-order valence-corrected chi connectivity index (χ2v) is 5.89. The molecule has 6 heteroatoms. The number of aromatic nitrogens is 1. The number of carbonyl (C=O) groups excluding carboxylic acids is 1. The third kappa shape index (κ3) is 3.67. The number of rotatable bonds is 4. The molecule has 1 aliphatic rings. The van der Waals surface area contributed by atoms with E-state index in [4.69, 9.17) is 0 Å². The summed E-state index contributed by atoms with van der Waals surface area (Å²) in [5, 5.41) is 14.5. The third-order valence-electron chi connectivity index (χ3n) is 3.61. The Hall–Kier alpha value is -1.14. The zero-order chi connectivity index (χ0) is 13.8. The van der Waals surface area contributed by atoms with Gasteiger partial charge in [-0.15, -0.1) is 0 Å². The van der Waals surface area contributed by atoms with Gasteiger partial charge in [0, 0.05) is 24.0 Å². The first-order valence-electron chi connectivity index (χ1n) is 6.70. The van der Waals surface area contributed by atoms with Crippen LogP contribution in [0.1, 0.15) is 37.8 Å². The van der Waals surface area contributed by atoms with Gasteiger partial charge >= 0.3 is 4.87 Å². The monoisotopic (exact) mass is 284 g/mol. The molecular weight excluding hydrogens is 264 g/mol. The van der Waals surface area contributed by atoms with Gasteiger partial charge in [0.1, 0.15) is 0 Å². The fraction of sp³-hybridized carbons (Fsp3) is 0.692. The summed E-state index contributed by atoms with van der Waals surface area (Å²) in [6, 6.07) is -0.124. The van der Waals surface area contributed by atoms with E-state index in [2.05, 4.69) is 5.32 Å². The van der Waals surface area contributed by atoms with E-state index < -0.39 is 6.10 Å². The van der Waals surface area contributed by atoms with Gasteiger partial charge in [-0.05, 0) is 19.8 Å². The van der Waals surface area contributed by atoms with E-state index >= 15 is 0 Å². The van der Waals surface area contributed by atoms with Crippen LogP contribution in [0.4, 0.5) is 0 Å². The lowest BCUT2D eigenvalue weighted by Gasteiger charge is -2.28. The van der Waals surface area contributed by atoms with Crippen molar-refractivity contribution in [3.8, 4) is 0 Å². The van der Waals surface area contributed by atoms with Crippen LogP contribution >= 0.6 is 11.3 Å². The summed E-state index contributed by atoms with van der Waals surface area (Å²) in [4.78, 5) is 23.3. The number of carbonyl (C=O) groups is 1. The van der Waals surface area contributed by atoms with Gasteiger partial charge in [-0.3, -0.25) is 9.59 Å². The highest BCUT2D eigenvalue weighted by Gasteiger charge is 2.24. The fourth-order valence-electron chi connectivity index (χ4n) is 2.45. The predicted octanol–water partition coefficient (Wildman–Crippen LogP) is 1.03. The smallest absolute Gasteiger partial charge is 0.307 e. The van der Waals surface area contributed by atoms with Crippen LogP contribution in [0, 0.1) is 6.92 Å². The number of aryl methyl sites for hydroxylation is 1. The number of aliphatic hydroxyl groups is 1.